The van der Waals surface area contributed by atoms with Gasteiger partial charge in [0.1, 0.15) is 0 Å². The van der Waals surface area contributed by atoms with E-state index in [4.69, 9.17) is 5.11 Å². The first-order chi connectivity index (χ1) is 11.9. The van der Waals surface area contributed by atoms with Gasteiger partial charge < -0.3 is 15.1 Å². The molecule has 2 atom stereocenters. The predicted molar refractivity (Wildman–Crippen MR) is 103 cm³/mol. The molecule has 6 heteroatoms. The highest BCUT2D eigenvalue weighted by atomic mass is 32.2. The van der Waals surface area contributed by atoms with Crippen molar-refractivity contribution in [2.24, 2.45) is 0 Å². The molecule has 1 heterocycles. The van der Waals surface area contributed by atoms with E-state index in [0.29, 0.717) is 18.7 Å². The number of carbonyl (C=O) groups is 2. The number of rotatable bonds is 14. The van der Waals surface area contributed by atoms with E-state index in [0.717, 1.165) is 57.8 Å². The number of nitrogens with zero attached hydrogens (tertiary/aromatic N) is 1. The van der Waals surface area contributed by atoms with E-state index >= 15 is 0 Å². The van der Waals surface area contributed by atoms with Crippen molar-refractivity contribution in [2.75, 3.05) is 12.3 Å². The summed E-state index contributed by atoms with van der Waals surface area (Å²) in [7, 11) is 0. The van der Waals surface area contributed by atoms with Crippen LogP contribution in [0.15, 0.2) is 0 Å². The fourth-order valence-electron chi connectivity index (χ4n) is 3.20. The lowest BCUT2D eigenvalue weighted by atomic mass is 9.94. The van der Waals surface area contributed by atoms with Crippen molar-refractivity contribution >= 4 is 23.6 Å². The normalized spacial score (nSPS) is 20.0. The van der Waals surface area contributed by atoms with E-state index in [2.05, 4.69) is 6.92 Å². The van der Waals surface area contributed by atoms with E-state index in [-0.39, 0.29) is 17.7 Å². The Morgan fingerprint density at radius 2 is 1.92 bits per heavy atom. The van der Waals surface area contributed by atoms with E-state index in [1.54, 1.807) is 11.8 Å². The zero-order valence-electron chi connectivity index (χ0n) is 15.8. The smallest absolute Gasteiger partial charge is 0.303 e. The second-order valence-corrected chi connectivity index (χ2v) is 8.57. The van der Waals surface area contributed by atoms with Crippen LogP contribution in [0.1, 0.15) is 84.5 Å². The average Bonchev–Trinajstić information content (AvgIpc) is 2.89. The maximum absolute atomic E-state index is 12.1. The number of unbranched alkanes of at least 4 members (excludes halogenated alkanes) is 5. The Hall–Kier alpha value is -0.750. The van der Waals surface area contributed by atoms with Gasteiger partial charge in [0.25, 0.3) is 0 Å². The quantitative estimate of drug-likeness (QED) is 0.449. The third-order valence-electron chi connectivity index (χ3n) is 4.87. The Morgan fingerprint density at radius 1 is 1.20 bits per heavy atom. The fourth-order valence-corrected chi connectivity index (χ4v) is 4.44. The van der Waals surface area contributed by atoms with E-state index < -0.39 is 11.6 Å². The van der Waals surface area contributed by atoms with Gasteiger partial charge >= 0.3 is 5.97 Å². The molecular weight excluding hydrogens is 338 g/mol. The van der Waals surface area contributed by atoms with Crippen LogP contribution in [0.2, 0.25) is 0 Å². The van der Waals surface area contributed by atoms with Gasteiger partial charge in [0.05, 0.1) is 16.7 Å². The Labute approximate surface area is 156 Å². The molecule has 0 saturated carbocycles. The van der Waals surface area contributed by atoms with Gasteiger partial charge in [-0.05, 0) is 32.6 Å². The van der Waals surface area contributed by atoms with Crippen LogP contribution in [0.4, 0.5) is 0 Å². The molecule has 1 aliphatic rings. The van der Waals surface area contributed by atoms with Gasteiger partial charge in [-0.25, -0.2) is 0 Å². The van der Waals surface area contributed by atoms with Gasteiger partial charge in [0.2, 0.25) is 5.91 Å². The molecule has 2 unspecified atom stereocenters. The lowest BCUT2D eigenvalue weighted by Gasteiger charge is -2.29. The van der Waals surface area contributed by atoms with Crippen molar-refractivity contribution in [3.63, 3.8) is 0 Å². The molecule has 0 aromatic carbocycles. The number of thioether (sulfide) groups is 1. The van der Waals surface area contributed by atoms with Crippen LogP contribution < -0.4 is 0 Å². The van der Waals surface area contributed by atoms with Crippen LogP contribution in [0.3, 0.4) is 0 Å². The zero-order valence-corrected chi connectivity index (χ0v) is 16.7. The highest BCUT2D eigenvalue weighted by Gasteiger charge is 2.32. The zero-order chi connectivity index (χ0) is 18.7. The van der Waals surface area contributed by atoms with Crippen molar-refractivity contribution in [2.45, 2.75) is 95.5 Å². The second-order valence-electron chi connectivity index (χ2n) is 7.40. The van der Waals surface area contributed by atoms with Gasteiger partial charge in [0.15, 0.2) is 0 Å². The minimum Gasteiger partial charge on any atom is -0.481 e. The number of amides is 1. The molecule has 0 bridgehead atoms. The Morgan fingerprint density at radius 3 is 2.60 bits per heavy atom. The first-order valence-electron chi connectivity index (χ1n) is 9.71. The summed E-state index contributed by atoms with van der Waals surface area (Å²) in [6.45, 7) is 4.67. The molecule has 1 aliphatic heterocycles. The van der Waals surface area contributed by atoms with Crippen molar-refractivity contribution in [1.82, 2.24) is 4.90 Å². The van der Waals surface area contributed by atoms with Gasteiger partial charge in [-0.3, -0.25) is 9.59 Å². The van der Waals surface area contributed by atoms with Crippen molar-refractivity contribution < 1.29 is 19.8 Å². The lowest BCUT2D eigenvalue weighted by Crippen LogP contribution is -2.38. The highest BCUT2D eigenvalue weighted by molar-refractivity contribution is 8.00. The minimum atomic E-state index is -0.728. The lowest BCUT2D eigenvalue weighted by molar-refractivity contribution is -0.137. The van der Waals surface area contributed by atoms with Gasteiger partial charge in [-0.2, -0.15) is 0 Å². The molecule has 0 aromatic heterocycles. The number of aliphatic hydroxyl groups is 1. The summed E-state index contributed by atoms with van der Waals surface area (Å²) in [5.41, 5.74) is -0.690. The summed E-state index contributed by atoms with van der Waals surface area (Å²) in [5.74, 6) is 0.00104. The maximum Gasteiger partial charge on any atom is 0.303 e. The molecule has 2 N–H and O–H groups in total. The number of hydrogen-bond acceptors (Lipinski definition) is 4. The summed E-state index contributed by atoms with van der Waals surface area (Å²) >= 11 is 1.70. The number of carbonyl (C=O) groups excluding carboxylic acids is 1. The monoisotopic (exact) mass is 373 g/mol. The predicted octanol–water partition coefficient (Wildman–Crippen LogP) is 4.03. The molecule has 0 aromatic rings. The fraction of sp³-hybridized carbons (Fsp3) is 0.895. The molecule has 0 spiro atoms. The third-order valence-corrected chi connectivity index (χ3v) is 6.16. The summed E-state index contributed by atoms with van der Waals surface area (Å²) in [6, 6.07) is 0. The van der Waals surface area contributed by atoms with Crippen LogP contribution in [0.5, 0.6) is 0 Å². The van der Waals surface area contributed by atoms with Gasteiger partial charge in [-0.15, -0.1) is 11.8 Å². The van der Waals surface area contributed by atoms with Crippen LogP contribution in [-0.2, 0) is 9.59 Å². The third kappa shape index (κ3) is 9.50. The molecular formula is C19H35NO4S. The number of hydrogen-bond donors (Lipinski definition) is 2. The molecule has 5 nitrogen and oxygen atoms in total. The van der Waals surface area contributed by atoms with Gasteiger partial charge in [-0.1, -0.05) is 45.4 Å². The number of carboxylic acid groups (broad SMARTS) is 1. The molecule has 25 heavy (non-hydrogen) atoms. The Bertz CT molecular complexity index is 414. The topological polar surface area (TPSA) is 77.8 Å². The molecule has 1 amide bonds. The molecule has 1 rings (SSSR count). The van der Waals surface area contributed by atoms with E-state index in [1.165, 1.54) is 0 Å². The number of aliphatic carboxylic acids is 1. The van der Waals surface area contributed by atoms with E-state index in [9.17, 15) is 14.7 Å². The van der Waals surface area contributed by atoms with Crippen LogP contribution in [-0.4, -0.2) is 50.3 Å². The van der Waals surface area contributed by atoms with Crippen molar-refractivity contribution in [1.29, 1.82) is 0 Å². The molecule has 1 saturated heterocycles. The van der Waals surface area contributed by atoms with Crippen LogP contribution in [0.25, 0.3) is 0 Å². The summed E-state index contributed by atoms with van der Waals surface area (Å²) in [6.07, 6.45) is 9.66. The minimum absolute atomic E-state index is 0.185. The summed E-state index contributed by atoms with van der Waals surface area (Å²) in [4.78, 5) is 24.6. The van der Waals surface area contributed by atoms with Crippen LogP contribution in [0, 0.1) is 0 Å². The first kappa shape index (κ1) is 22.3. The summed E-state index contributed by atoms with van der Waals surface area (Å²) < 4.78 is 0. The van der Waals surface area contributed by atoms with Crippen LogP contribution >= 0.6 is 11.8 Å². The first-order valence-corrected chi connectivity index (χ1v) is 10.8. The van der Waals surface area contributed by atoms with Crippen molar-refractivity contribution in [3.8, 4) is 0 Å². The highest BCUT2D eigenvalue weighted by Crippen LogP contribution is 2.30. The maximum atomic E-state index is 12.1. The van der Waals surface area contributed by atoms with Gasteiger partial charge in [0, 0.05) is 13.0 Å². The molecule has 1 fully saturated rings. The van der Waals surface area contributed by atoms with E-state index in [1.807, 2.05) is 11.8 Å². The SMILES string of the molecule is CCCCCC(C)(O)CCN1C(=O)CSC1CCCCCCC(=O)O. The Kier molecular flexibility index (Phi) is 10.5. The second kappa shape index (κ2) is 11.8. The number of carboxylic acids is 1. The molecule has 146 valence electrons. The standard InChI is InChI=1S/C19H35NO4S/c1-3-4-9-12-19(2,24)13-14-20-16(21)15-25-17(20)10-7-5-6-8-11-18(22)23/h17,24H,3-15H2,1-2H3,(H,22,23). The Balaban J connectivity index is 2.28. The largest absolute Gasteiger partial charge is 0.481 e. The molecule has 0 radical (unpaired) electrons. The van der Waals surface area contributed by atoms with Crippen molar-refractivity contribution in [3.05, 3.63) is 0 Å². The summed E-state index contributed by atoms with van der Waals surface area (Å²) in [5, 5.41) is 19.4. The average molecular weight is 374 g/mol. The molecule has 0 aliphatic carbocycles.